The van der Waals surface area contributed by atoms with Crippen LogP contribution in [0.3, 0.4) is 0 Å². The lowest BCUT2D eigenvalue weighted by Crippen LogP contribution is -2.13. The van der Waals surface area contributed by atoms with Crippen LogP contribution in [0.1, 0.15) is 0 Å². The standard InChI is InChI=1S/C18H16N2O3S/c19-17-13-16(24(21,22)20-14-7-3-1-4-8-14)11-12-18(17)23-15-9-5-2-6-10-15/h1-13,20H,19H2. The topological polar surface area (TPSA) is 81.4 Å². The number of ether oxygens (including phenoxy) is 1. The molecule has 0 bridgehead atoms. The van der Waals surface area contributed by atoms with E-state index in [1.54, 1.807) is 42.5 Å². The highest BCUT2D eigenvalue weighted by atomic mass is 32.2. The summed E-state index contributed by atoms with van der Waals surface area (Å²) in [6, 6.07) is 22.2. The maximum Gasteiger partial charge on any atom is 0.261 e. The highest BCUT2D eigenvalue weighted by molar-refractivity contribution is 7.92. The molecule has 0 amide bonds. The molecule has 0 saturated carbocycles. The average Bonchev–Trinajstić information content (AvgIpc) is 2.58. The molecule has 0 saturated heterocycles. The molecule has 0 aliphatic rings. The van der Waals surface area contributed by atoms with Gasteiger partial charge in [-0.15, -0.1) is 0 Å². The Hall–Kier alpha value is -2.99. The third kappa shape index (κ3) is 3.67. The van der Waals surface area contributed by atoms with Gasteiger partial charge in [0.1, 0.15) is 11.5 Å². The van der Waals surface area contributed by atoms with Gasteiger partial charge in [0.15, 0.2) is 0 Å². The van der Waals surface area contributed by atoms with Gasteiger partial charge in [-0.05, 0) is 42.5 Å². The number of nitrogen functional groups attached to an aromatic ring is 1. The van der Waals surface area contributed by atoms with Crippen molar-refractivity contribution in [1.29, 1.82) is 0 Å². The quantitative estimate of drug-likeness (QED) is 0.691. The summed E-state index contributed by atoms with van der Waals surface area (Å²) in [5.41, 5.74) is 6.67. The molecule has 0 aliphatic heterocycles. The first-order valence-electron chi connectivity index (χ1n) is 7.25. The van der Waals surface area contributed by atoms with Crippen molar-refractivity contribution in [3.8, 4) is 11.5 Å². The summed E-state index contributed by atoms with van der Waals surface area (Å²) in [5.74, 6) is 1.03. The molecule has 0 fully saturated rings. The van der Waals surface area contributed by atoms with Crippen LogP contribution in [0.2, 0.25) is 0 Å². The van der Waals surface area contributed by atoms with E-state index in [1.807, 2.05) is 24.3 Å². The number of rotatable bonds is 5. The largest absolute Gasteiger partial charge is 0.455 e. The number of nitrogens with two attached hydrogens (primary N) is 1. The average molecular weight is 340 g/mol. The molecule has 0 aliphatic carbocycles. The van der Waals surface area contributed by atoms with E-state index in [0.717, 1.165) is 0 Å². The summed E-state index contributed by atoms with van der Waals surface area (Å²) in [5, 5.41) is 0. The molecule has 0 aromatic heterocycles. The maximum absolute atomic E-state index is 12.4. The van der Waals surface area contributed by atoms with Crippen LogP contribution in [0.15, 0.2) is 83.8 Å². The normalized spacial score (nSPS) is 11.0. The van der Waals surface area contributed by atoms with Gasteiger partial charge in [-0.3, -0.25) is 4.72 Å². The molecule has 3 aromatic carbocycles. The van der Waals surface area contributed by atoms with Crippen LogP contribution in [-0.2, 0) is 10.0 Å². The summed E-state index contributed by atoms with van der Waals surface area (Å²) in [4.78, 5) is 0.0734. The second kappa shape index (κ2) is 6.64. The molecule has 3 rings (SSSR count). The summed E-state index contributed by atoms with van der Waals surface area (Å²) in [6.07, 6.45) is 0. The van der Waals surface area contributed by atoms with Crippen LogP contribution >= 0.6 is 0 Å². The summed E-state index contributed by atoms with van der Waals surface area (Å²) < 4.78 is 33.0. The predicted octanol–water partition coefficient (Wildman–Crippen LogP) is 3.86. The molecular weight excluding hydrogens is 324 g/mol. The number of anilines is 2. The van der Waals surface area contributed by atoms with Crippen molar-refractivity contribution in [2.45, 2.75) is 4.90 Å². The van der Waals surface area contributed by atoms with E-state index in [9.17, 15) is 8.42 Å². The Kier molecular flexibility index (Phi) is 4.39. The molecule has 0 radical (unpaired) electrons. The number of para-hydroxylation sites is 2. The number of nitrogens with one attached hydrogen (secondary N) is 1. The number of sulfonamides is 1. The van der Waals surface area contributed by atoms with Crippen LogP contribution in [0.4, 0.5) is 11.4 Å². The highest BCUT2D eigenvalue weighted by Crippen LogP contribution is 2.30. The molecular formula is C18H16N2O3S. The van der Waals surface area contributed by atoms with E-state index in [2.05, 4.69) is 4.72 Å². The van der Waals surface area contributed by atoms with Gasteiger partial charge in [-0.2, -0.15) is 0 Å². The van der Waals surface area contributed by atoms with E-state index >= 15 is 0 Å². The SMILES string of the molecule is Nc1cc(S(=O)(=O)Nc2ccccc2)ccc1Oc1ccccc1. The van der Waals surface area contributed by atoms with Gasteiger partial charge in [-0.25, -0.2) is 8.42 Å². The van der Waals surface area contributed by atoms with E-state index in [4.69, 9.17) is 10.5 Å². The minimum absolute atomic E-state index is 0.0734. The van der Waals surface area contributed by atoms with Crippen LogP contribution in [-0.4, -0.2) is 8.42 Å². The molecule has 122 valence electrons. The molecule has 0 spiro atoms. The lowest BCUT2D eigenvalue weighted by atomic mass is 10.3. The lowest BCUT2D eigenvalue weighted by molar-refractivity contribution is 0.484. The summed E-state index contributed by atoms with van der Waals surface area (Å²) >= 11 is 0. The zero-order valence-electron chi connectivity index (χ0n) is 12.7. The Morgan fingerprint density at radius 2 is 1.46 bits per heavy atom. The van der Waals surface area contributed by atoms with E-state index in [0.29, 0.717) is 17.2 Å². The van der Waals surface area contributed by atoms with Crippen molar-refractivity contribution in [2.75, 3.05) is 10.5 Å². The molecule has 6 heteroatoms. The molecule has 24 heavy (non-hydrogen) atoms. The van der Waals surface area contributed by atoms with Crippen LogP contribution in [0.5, 0.6) is 11.5 Å². The zero-order valence-corrected chi connectivity index (χ0v) is 13.5. The lowest BCUT2D eigenvalue weighted by Gasteiger charge is -2.11. The molecule has 5 nitrogen and oxygen atoms in total. The third-order valence-corrected chi connectivity index (χ3v) is 4.67. The molecule has 3 aromatic rings. The van der Waals surface area contributed by atoms with Crippen molar-refractivity contribution in [2.24, 2.45) is 0 Å². The Morgan fingerprint density at radius 1 is 0.833 bits per heavy atom. The van der Waals surface area contributed by atoms with Gasteiger partial charge in [0, 0.05) is 5.69 Å². The Balaban J connectivity index is 1.83. The van der Waals surface area contributed by atoms with Crippen LogP contribution in [0.25, 0.3) is 0 Å². The first-order chi connectivity index (χ1) is 11.5. The van der Waals surface area contributed by atoms with Crippen molar-refractivity contribution in [1.82, 2.24) is 0 Å². The number of benzene rings is 3. The molecule has 0 unspecified atom stereocenters. The first-order valence-corrected chi connectivity index (χ1v) is 8.73. The highest BCUT2D eigenvalue weighted by Gasteiger charge is 2.16. The van der Waals surface area contributed by atoms with Gasteiger partial charge < -0.3 is 10.5 Å². The second-order valence-corrected chi connectivity index (χ2v) is 6.77. The molecule has 0 heterocycles. The number of hydrogen-bond donors (Lipinski definition) is 2. The minimum Gasteiger partial charge on any atom is -0.455 e. The number of hydrogen-bond acceptors (Lipinski definition) is 4. The Bertz CT molecular complexity index is 927. The second-order valence-electron chi connectivity index (χ2n) is 5.09. The van der Waals surface area contributed by atoms with Crippen LogP contribution < -0.4 is 15.2 Å². The first kappa shape index (κ1) is 15.9. The van der Waals surface area contributed by atoms with Crippen molar-refractivity contribution in [3.63, 3.8) is 0 Å². The Morgan fingerprint density at radius 3 is 2.08 bits per heavy atom. The van der Waals surface area contributed by atoms with E-state index in [1.165, 1.54) is 12.1 Å². The fraction of sp³-hybridized carbons (Fsp3) is 0. The zero-order chi connectivity index (χ0) is 17.0. The maximum atomic E-state index is 12.4. The van der Waals surface area contributed by atoms with E-state index in [-0.39, 0.29) is 10.6 Å². The Labute approximate surface area is 140 Å². The predicted molar refractivity (Wildman–Crippen MR) is 94.6 cm³/mol. The molecule has 3 N–H and O–H groups in total. The van der Waals surface area contributed by atoms with Crippen molar-refractivity contribution in [3.05, 3.63) is 78.9 Å². The summed E-state index contributed by atoms with van der Waals surface area (Å²) in [7, 11) is -3.71. The van der Waals surface area contributed by atoms with Gasteiger partial charge in [0.2, 0.25) is 0 Å². The fourth-order valence-electron chi connectivity index (χ4n) is 2.12. The van der Waals surface area contributed by atoms with E-state index < -0.39 is 10.0 Å². The third-order valence-electron chi connectivity index (χ3n) is 3.29. The van der Waals surface area contributed by atoms with Crippen LogP contribution in [0, 0.1) is 0 Å². The summed E-state index contributed by atoms with van der Waals surface area (Å²) in [6.45, 7) is 0. The van der Waals surface area contributed by atoms with Gasteiger partial charge in [-0.1, -0.05) is 36.4 Å². The minimum atomic E-state index is -3.71. The fourth-order valence-corrected chi connectivity index (χ4v) is 3.22. The van der Waals surface area contributed by atoms with Crippen molar-refractivity contribution < 1.29 is 13.2 Å². The monoisotopic (exact) mass is 340 g/mol. The molecule has 0 atom stereocenters. The van der Waals surface area contributed by atoms with Gasteiger partial charge >= 0.3 is 0 Å². The van der Waals surface area contributed by atoms with Crippen molar-refractivity contribution >= 4 is 21.4 Å². The van der Waals surface area contributed by atoms with Gasteiger partial charge in [0.05, 0.1) is 10.6 Å². The van der Waals surface area contributed by atoms with Gasteiger partial charge in [0.25, 0.3) is 10.0 Å². The smallest absolute Gasteiger partial charge is 0.261 e.